The van der Waals surface area contributed by atoms with Crippen molar-refractivity contribution >= 4 is 22.7 Å². The van der Waals surface area contributed by atoms with Gasteiger partial charge in [-0.2, -0.15) is 12.6 Å². The molecule has 5 heteroatoms. The van der Waals surface area contributed by atoms with Crippen molar-refractivity contribution in [3.8, 4) is 0 Å². The number of hydrogen-bond acceptors (Lipinski definition) is 4. The Balaban J connectivity index is 3.09. The van der Waals surface area contributed by atoms with Crippen LogP contribution in [0.25, 0.3) is 0 Å². The average molecular weight is 203 g/mol. The smallest absolute Gasteiger partial charge is 0.124 e. The summed E-state index contributed by atoms with van der Waals surface area (Å²) in [5.41, 5.74) is 0.880. The summed E-state index contributed by atoms with van der Waals surface area (Å²) in [6.45, 7) is 0. The van der Waals surface area contributed by atoms with E-state index in [-0.39, 0.29) is 4.90 Å². The molecule has 0 bridgehead atoms. The zero-order valence-electron chi connectivity index (χ0n) is 6.10. The highest BCUT2D eigenvalue weighted by atomic mass is 32.2. The van der Waals surface area contributed by atoms with Gasteiger partial charge in [0, 0.05) is 5.75 Å². The number of hydrogen-bond donors (Lipinski definition) is 1. The molecular weight excluding hydrogens is 196 g/mol. The van der Waals surface area contributed by atoms with Crippen LogP contribution in [0.1, 0.15) is 5.56 Å². The Morgan fingerprint density at radius 1 is 1.25 bits per heavy atom. The normalized spacial score (nSPS) is 11.5. The summed E-state index contributed by atoms with van der Waals surface area (Å²) in [7, 11) is -4.30. The maximum atomic E-state index is 10.5. The maximum Gasteiger partial charge on any atom is 0.124 e. The van der Waals surface area contributed by atoms with Gasteiger partial charge in [-0.1, -0.05) is 12.1 Å². The van der Waals surface area contributed by atoms with E-state index in [0.717, 1.165) is 5.56 Å². The van der Waals surface area contributed by atoms with Crippen molar-refractivity contribution in [1.82, 2.24) is 0 Å². The predicted molar refractivity (Wildman–Crippen MR) is 47.1 cm³/mol. The molecular formula is C7H7O3S2-. The highest BCUT2D eigenvalue weighted by Crippen LogP contribution is 2.10. The second kappa shape index (κ2) is 3.47. The third-order valence-corrected chi connectivity index (χ3v) is 2.61. The van der Waals surface area contributed by atoms with E-state index in [4.69, 9.17) is 0 Å². The predicted octanol–water partition coefficient (Wildman–Crippen LogP) is 1.02. The van der Waals surface area contributed by atoms with Crippen molar-refractivity contribution < 1.29 is 13.0 Å². The molecule has 1 rings (SSSR count). The van der Waals surface area contributed by atoms with Gasteiger partial charge in [0.25, 0.3) is 0 Å². The lowest BCUT2D eigenvalue weighted by atomic mass is 10.2. The van der Waals surface area contributed by atoms with Gasteiger partial charge in [-0.05, 0) is 17.7 Å². The largest absolute Gasteiger partial charge is 0.744 e. The molecule has 0 fully saturated rings. The van der Waals surface area contributed by atoms with Gasteiger partial charge in [-0.15, -0.1) is 0 Å². The molecule has 0 saturated carbocycles. The minimum absolute atomic E-state index is 0.201. The molecule has 0 heterocycles. The molecule has 0 aliphatic heterocycles. The summed E-state index contributed by atoms with van der Waals surface area (Å²) < 4.78 is 31.4. The van der Waals surface area contributed by atoms with Gasteiger partial charge in [0.05, 0.1) is 4.90 Å². The molecule has 0 aliphatic carbocycles. The monoisotopic (exact) mass is 203 g/mol. The van der Waals surface area contributed by atoms with Crippen LogP contribution in [0.5, 0.6) is 0 Å². The summed E-state index contributed by atoms with van der Waals surface area (Å²) in [5.74, 6) is 0.527. The fourth-order valence-corrected chi connectivity index (χ4v) is 1.44. The first kappa shape index (κ1) is 9.57. The number of rotatable bonds is 2. The maximum absolute atomic E-state index is 10.5. The molecule has 0 radical (unpaired) electrons. The van der Waals surface area contributed by atoms with E-state index in [0.29, 0.717) is 5.75 Å². The second-order valence-corrected chi connectivity index (χ2v) is 3.95. The van der Waals surface area contributed by atoms with Crippen molar-refractivity contribution in [3.05, 3.63) is 29.8 Å². The van der Waals surface area contributed by atoms with Crippen molar-refractivity contribution in [2.75, 3.05) is 0 Å². The van der Waals surface area contributed by atoms with Crippen molar-refractivity contribution in [2.24, 2.45) is 0 Å². The summed E-state index contributed by atoms with van der Waals surface area (Å²) in [4.78, 5) is -0.201. The van der Waals surface area contributed by atoms with Crippen molar-refractivity contribution in [3.63, 3.8) is 0 Å². The number of benzene rings is 1. The highest BCUT2D eigenvalue weighted by molar-refractivity contribution is 7.85. The third-order valence-electron chi connectivity index (χ3n) is 1.39. The van der Waals surface area contributed by atoms with E-state index in [1.165, 1.54) is 12.1 Å². The molecule has 0 spiro atoms. The molecule has 0 atom stereocenters. The van der Waals surface area contributed by atoms with E-state index in [1.54, 1.807) is 12.1 Å². The van der Waals surface area contributed by atoms with Crippen LogP contribution in [0.4, 0.5) is 0 Å². The Hall–Kier alpha value is -0.520. The lowest BCUT2D eigenvalue weighted by molar-refractivity contribution is 0.463. The van der Waals surface area contributed by atoms with Crippen LogP contribution in [0.3, 0.4) is 0 Å². The first-order chi connectivity index (χ1) is 5.54. The Morgan fingerprint density at radius 3 is 2.08 bits per heavy atom. The minimum Gasteiger partial charge on any atom is -0.744 e. The highest BCUT2D eigenvalue weighted by Gasteiger charge is 1.99. The minimum atomic E-state index is -4.30. The molecule has 0 unspecified atom stereocenters. The molecule has 3 nitrogen and oxygen atoms in total. The van der Waals surface area contributed by atoms with Crippen LogP contribution in [-0.4, -0.2) is 13.0 Å². The zero-order chi connectivity index (χ0) is 9.19. The Bertz CT molecular complexity index is 353. The third kappa shape index (κ3) is 2.23. The van der Waals surface area contributed by atoms with Crippen LogP contribution >= 0.6 is 12.6 Å². The summed E-state index contributed by atoms with van der Waals surface area (Å²) in [6.07, 6.45) is 0. The van der Waals surface area contributed by atoms with E-state index in [9.17, 15) is 13.0 Å². The van der Waals surface area contributed by atoms with E-state index >= 15 is 0 Å². The van der Waals surface area contributed by atoms with Crippen LogP contribution < -0.4 is 0 Å². The fraction of sp³-hybridized carbons (Fsp3) is 0.143. The quantitative estimate of drug-likeness (QED) is 0.576. The van der Waals surface area contributed by atoms with E-state index < -0.39 is 10.1 Å². The van der Waals surface area contributed by atoms with Gasteiger partial charge in [-0.25, -0.2) is 8.42 Å². The first-order valence-corrected chi connectivity index (χ1v) is 5.24. The SMILES string of the molecule is O=S(=O)([O-])c1ccc(CS)cc1. The molecule has 66 valence electrons. The standard InChI is InChI=1S/C7H8O3S2/c8-12(9,10)7-3-1-6(5-11)2-4-7/h1-4,11H,5H2,(H,8,9,10)/p-1. The van der Waals surface area contributed by atoms with Crippen LogP contribution in [0, 0.1) is 0 Å². The Kier molecular flexibility index (Phi) is 2.76. The average Bonchev–Trinajstić information content (AvgIpc) is 2.03. The van der Waals surface area contributed by atoms with Gasteiger partial charge in [0.1, 0.15) is 10.1 Å². The molecule has 1 aromatic carbocycles. The van der Waals surface area contributed by atoms with Gasteiger partial charge < -0.3 is 4.55 Å². The summed E-state index contributed by atoms with van der Waals surface area (Å²) >= 11 is 3.99. The van der Waals surface area contributed by atoms with Gasteiger partial charge >= 0.3 is 0 Å². The van der Waals surface area contributed by atoms with Gasteiger partial charge in [0.2, 0.25) is 0 Å². The van der Waals surface area contributed by atoms with E-state index in [1.807, 2.05) is 0 Å². The fourth-order valence-electron chi connectivity index (χ4n) is 0.762. The molecule has 1 aromatic rings. The topological polar surface area (TPSA) is 57.2 Å². The second-order valence-electron chi connectivity index (χ2n) is 2.26. The molecule has 12 heavy (non-hydrogen) atoms. The number of thiol groups is 1. The van der Waals surface area contributed by atoms with Gasteiger partial charge in [-0.3, -0.25) is 0 Å². The molecule has 0 aliphatic rings. The van der Waals surface area contributed by atoms with E-state index in [2.05, 4.69) is 12.6 Å². The molecule has 0 saturated heterocycles. The molecule has 0 amide bonds. The van der Waals surface area contributed by atoms with Crippen LogP contribution in [0.15, 0.2) is 29.2 Å². The summed E-state index contributed by atoms with van der Waals surface area (Å²) in [5, 5.41) is 0. The lowest BCUT2D eigenvalue weighted by Crippen LogP contribution is -1.97. The summed E-state index contributed by atoms with van der Waals surface area (Å²) in [6, 6.07) is 5.71. The Labute approximate surface area is 76.6 Å². The lowest BCUT2D eigenvalue weighted by Gasteiger charge is -2.06. The van der Waals surface area contributed by atoms with Crippen molar-refractivity contribution in [2.45, 2.75) is 10.6 Å². The molecule has 0 aromatic heterocycles. The Morgan fingerprint density at radius 2 is 1.75 bits per heavy atom. The molecule has 0 N–H and O–H groups in total. The first-order valence-electron chi connectivity index (χ1n) is 3.20. The van der Waals surface area contributed by atoms with Crippen molar-refractivity contribution in [1.29, 1.82) is 0 Å². The van der Waals surface area contributed by atoms with Gasteiger partial charge in [0.15, 0.2) is 0 Å². The van der Waals surface area contributed by atoms with Crippen LogP contribution in [0.2, 0.25) is 0 Å². The zero-order valence-corrected chi connectivity index (χ0v) is 7.81. The van der Waals surface area contributed by atoms with Crippen LogP contribution in [-0.2, 0) is 15.9 Å².